The maximum absolute atomic E-state index is 12.5. The molecular formula is C21H18BrNO4S. The van der Waals surface area contributed by atoms with Gasteiger partial charge in [0.2, 0.25) is 0 Å². The monoisotopic (exact) mass is 459 g/mol. The van der Waals surface area contributed by atoms with E-state index in [2.05, 4.69) is 20.9 Å². The Bertz CT molecular complexity index is 1110. The van der Waals surface area contributed by atoms with Crippen LogP contribution in [0, 0.1) is 6.92 Å². The number of hydrogen-bond acceptors (Lipinski definition) is 5. The van der Waals surface area contributed by atoms with E-state index < -0.39 is 10.1 Å². The van der Waals surface area contributed by atoms with Gasteiger partial charge in [0.1, 0.15) is 4.90 Å². The Hall–Kier alpha value is -2.64. The molecule has 0 spiro atoms. The lowest BCUT2D eigenvalue weighted by atomic mass is 10.2. The molecule has 0 saturated heterocycles. The van der Waals surface area contributed by atoms with Crippen molar-refractivity contribution in [1.82, 2.24) is 0 Å². The maximum atomic E-state index is 12.5. The average molecular weight is 460 g/mol. The van der Waals surface area contributed by atoms with Crippen molar-refractivity contribution in [2.24, 2.45) is 4.99 Å². The smallest absolute Gasteiger partial charge is 0.339 e. The van der Waals surface area contributed by atoms with Crippen molar-refractivity contribution in [2.75, 3.05) is 7.11 Å². The summed E-state index contributed by atoms with van der Waals surface area (Å²) in [6.45, 7) is 1.98. The quantitative estimate of drug-likeness (QED) is 0.371. The van der Waals surface area contributed by atoms with E-state index in [-0.39, 0.29) is 16.4 Å². The molecule has 0 fully saturated rings. The summed E-state index contributed by atoms with van der Waals surface area (Å²) < 4.78 is 36.2. The van der Waals surface area contributed by atoms with Gasteiger partial charge in [0.05, 0.1) is 17.3 Å². The van der Waals surface area contributed by atoms with E-state index >= 15 is 0 Å². The normalized spacial score (nSPS) is 11.5. The highest BCUT2D eigenvalue weighted by atomic mass is 79.9. The first-order valence-corrected chi connectivity index (χ1v) is 10.6. The van der Waals surface area contributed by atoms with Gasteiger partial charge in [-0.1, -0.05) is 36.4 Å². The van der Waals surface area contributed by atoms with Gasteiger partial charge < -0.3 is 8.92 Å². The minimum Gasteiger partial charge on any atom is -0.493 e. The van der Waals surface area contributed by atoms with E-state index in [1.165, 1.54) is 19.2 Å². The second-order valence-corrected chi connectivity index (χ2v) is 8.33. The highest BCUT2D eigenvalue weighted by molar-refractivity contribution is 9.10. The van der Waals surface area contributed by atoms with Crippen molar-refractivity contribution in [1.29, 1.82) is 0 Å². The molecule has 5 nitrogen and oxygen atoms in total. The van der Waals surface area contributed by atoms with Crippen LogP contribution in [0.2, 0.25) is 0 Å². The van der Waals surface area contributed by atoms with Gasteiger partial charge in [0.15, 0.2) is 11.5 Å². The lowest BCUT2D eigenvalue weighted by Crippen LogP contribution is -2.11. The molecule has 0 aliphatic carbocycles. The van der Waals surface area contributed by atoms with Crippen molar-refractivity contribution in [3.63, 3.8) is 0 Å². The second-order valence-electron chi connectivity index (χ2n) is 5.93. The minimum absolute atomic E-state index is 0.0640. The summed E-state index contributed by atoms with van der Waals surface area (Å²) in [5, 5.41) is 0. The first-order valence-electron chi connectivity index (χ1n) is 8.37. The first kappa shape index (κ1) is 20.1. The Kier molecular flexibility index (Phi) is 6.16. The molecule has 0 aromatic heterocycles. The molecule has 0 aliphatic heterocycles. The van der Waals surface area contributed by atoms with Gasteiger partial charge in [-0.05, 0) is 64.3 Å². The number of para-hydroxylation sites is 1. The molecule has 3 aromatic carbocycles. The third-order valence-corrected chi connectivity index (χ3v) is 5.77. The number of hydrogen-bond donors (Lipinski definition) is 0. The van der Waals surface area contributed by atoms with Crippen LogP contribution in [0.5, 0.6) is 11.5 Å². The lowest BCUT2D eigenvalue weighted by molar-refractivity contribution is 0.389. The number of aryl methyl sites for hydroxylation is 1. The molecule has 0 atom stereocenters. The van der Waals surface area contributed by atoms with Crippen LogP contribution in [-0.2, 0) is 10.1 Å². The van der Waals surface area contributed by atoms with Crippen LogP contribution >= 0.6 is 15.9 Å². The number of methoxy groups -OCH3 is 1. The molecule has 0 radical (unpaired) electrons. The summed E-state index contributed by atoms with van der Waals surface area (Å²) >= 11 is 3.37. The Balaban J connectivity index is 1.93. The number of benzene rings is 3. The van der Waals surface area contributed by atoms with E-state index in [0.717, 1.165) is 16.8 Å². The van der Waals surface area contributed by atoms with Gasteiger partial charge in [-0.2, -0.15) is 8.42 Å². The standard InChI is InChI=1S/C21H18BrNO4S/c1-15-8-6-7-11-19(15)23-14-16-12-18(22)21(20(13-16)26-2)27-28(24,25)17-9-4-3-5-10-17/h3-14H,1-2H3. The average Bonchev–Trinajstić information content (AvgIpc) is 2.69. The van der Waals surface area contributed by atoms with Crippen molar-refractivity contribution < 1.29 is 17.3 Å². The van der Waals surface area contributed by atoms with Crippen molar-refractivity contribution in [2.45, 2.75) is 11.8 Å². The fourth-order valence-electron chi connectivity index (χ4n) is 2.49. The molecule has 0 saturated carbocycles. The van der Waals surface area contributed by atoms with Crippen LogP contribution in [0.4, 0.5) is 5.69 Å². The van der Waals surface area contributed by atoms with E-state index in [9.17, 15) is 8.42 Å². The SMILES string of the molecule is COc1cc(C=Nc2ccccc2C)cc(Br)c1OS(=O)(=O)c1ccccc1. The third kappa shape index (κ3) is 4.61. The third-order valence-electron chi connectivity index (χ3n) is 3.94. The van der Waals surface area contributed by atoms with Crippen molar-refractivity contribution in [3.8, 4) is 11.5 Å². The highest BCUT2D eigenvalue weighted by Gasteiger charge is 2.21. The Morgan fingerprint density at radius 3 is 2.36 bits per heavy atom. The summed E-state index contributed by atoms with van der Waals surface area (Å²) in [6.07, 6.45) is 1.69. The zero-order valence-electron chi connectivity index (χ0n) is 15.3. The fourth-order valence-corrected chi connectivity index (χ4v) is 4.12. The van der Waals surface area contributed by atoms with E-state index in [1.807, 2.05) is 31.2 Å². The zero-order valence-corrected chi connectivity index (χ0v) is 17.7. The second kappa shape index (κ2) is 8.58. The summed E-state index contributed by atoms with van der Waals surface area (Å²) in [6, 6.07) is 19.1. The van der Waals surface area contributed by atoms with E-state index in [0.29, 0.717) is 4.47 Å². The molecule has 0 aliphatic rings. The molecule has 144 valence electrons. The summed E-state index contributed by atoms with van der Waals surface area (Å²) in [7, 11) is -2.54. The molecule has 0 bridgehead atoms. The Morgan fingerprint density at radius 1 is 1.00 bits per heavy atom. The molecule has 7 heteroatoms. The zero-order chi connectivity index (χ0) is 20.1. The molecule has 0 heterocycles. The Morgan fingerprint density at radius 2 is 1.68 bits per heavy atom. The minimum atomic E-state index is -3.99. The number of ether oxygens (including phenoxy) is 1. The summed E-state index contributed by atoms with van der Waals surface area (Å²) in [5.41, 5.74) is 2.64. The van der Waals surface area contributed by atoms with Gasteiger partial charge in [0.25, 0.3) is 0 Å². The predicted octanol–water partition coefficient (Wildman–Crippen LogP) is 5.28. The number of rotatable bonds is 6. The van der Waals surface area contributed by atoms with Crippen LogP contribution < -0.4 is 8.92 Å². The largest absolute Gasteiger partial charge is 0.493 e. The predicted molar refractivity (Wildman–Crippen MR) is 113 cm³/mol. The number of nitrogens with zero attached hydrogens (tertiary/aromatic N) is 1. The number of halogens is 1. The topological polar surface area (TPSA) is 65.0 Å². The molecule has 3 rings (SSSR count). The van der Waals surface area contributed by atoms with Crippen LogP contribution in [0.15, 0.2) is 81.1 Å². The van der Waals surface area contributed by atoms with Crippen LogP contribution in [0.3, 0.4) is 0 Å². The molecule has 0 N–H and O–H groups in total. The van der Waals surface area contributed by atoms with Gasteiger partial charge in [-0.15, -0.1) is 0 Å². The Labute approximate surface area is 172 Å². The molecule has 0 amide bonds. The van der Waals surface area contributed by atoms with E-state index in [4.69, 9.17) is 8.92 Å². The molecule has 3 aromatic rings. The molecule has 28 heavy (non-hydrogen) atoms. The van der Waals surface area contributed by atoms with Crippen molar-refractivity contribution >= 4 is 38.0 Å². The van der Waals surface area contributed by atoms with Crippen LogP contribution in [-0.4, -0.2) is 21.7 Å². The van der Waals surface area contributed by atoms with Crippen LogP contribution in [0.25, 0.3) is 0 Å². The summed E-state index contributed by atoms with van der Waals surface area (Å²) in [4.78, 5) is 4.55. The van der Waals surface area contributed by atoms with Gasteiger partial charge in [0, 0.05) is 6.21 Å². The lowest BCUT2D eigenvalue weighted by Gasteiger charge is -2.13. The number of aliphatic imine (C=N–C) groups is 1. The van der Waals surface area contributed by atoms with Crippen molar-refractivity contribution in [3.05, 3.63) is 82.3 Å². The van der Waals surface area contributed by atoms with Gasteiger partial charge in [-0.3, -0.25) is 4.99 Å². The fraction of sp³-hybridized carbons (Fsp3) is 0.0952. The molecular weight excluding hydrogens is 442 g/mol. The first-order chi connectivity index (χ1) is 13.4. The van der Waals surface area contributed by atoms with E-state index in [1.54, 1.807) is 36.5 Å². The van der Waals surface area contributed by atoms with Gasteiger partial charge >= 0.3 is 10.1 Å². The molecule has 0 unspecified atom stereocenters. The highest BCUT2D eigenvalue weighted by Crippen LogP contribution is 2.38. The summed E-state index contributed by atoms with van der Waals surface area (Å²) in [5.74, 6) is 0.361. The van der Waals surface area contributed by atoms with Gasteiger partial charge in [-0.25, -0.2) is 0 Å². The van der Waals surface area contributed by atoms with Crippen LogP contribution in [0.1, 0.15) is 11.1 Å². The maximum Gasteiger partial charge on any atom is 0.339 e.